The molecule has 5 fully saturated rings. The number of rotatable bonds is 14. The fourth-order valence-electron chi connectivity index (χ4n) is 7.42. The first-order chi connectivity index (χ1) is 27.9. The van der Waals surface area contributed by atoms with Gasteiger partial charge in [-0.3, -0.25) is 4.79 Å². The van der Waals surface area contributed by atoms with Crippen molar-refractivity contribution >= 4 is 5.91 Å². The second kappa shape index (κ2) is 20.8. The molecule has 5 saturated heterocycles. The Morgan fingerprint density at radius 2 is 0.780 bits per heavy atom. The SMILES string of the molecule is CC(=O)N[C@H]1[C@H](O[C@H]2[C@@H](O)[C@@H](CO)O[C@H](O[C@H]3[C@@H](O)[C@@H](CO)O[C@@H](O[C@H]4[C@H](O)[C@@H](O)[C@@H](O)O[C@@H]4CO)[C@@H]3O)[C@@H]2O)O[C@H](CO)[C@H](O)[C@@H]1O[C@@H]1O[C@H](CO)[C@H](O)[C@H](O)[C@H]1O. The maximum absolute atomic E-state index is 12.4. The Morgan fingerprint density at radius 3 is 1.24 bits per heavy atom. The normalized spacial score (nSPS) is 51.0. The third kappa shape index (κ3) is 10.2. The maximum atomic E-state index is 12.4. The van der Waals surface area contributed by atoms with Crippen molar-refractivity contribution in [2.75, 3.05) is 33.0 Å². The highest BCUT2D eigenvalue weighted by Crippen LogP contribution is 2.36. The van der Waals surface area contributed by atoms with E-state index in [0.717, 1.165) is 6.92 Å². The molecule has 1 amide bonds. The highest BCUT2D eigenvalue weighted by Gasteiger charge is 2.57. The molecule has 5 aliphatic rings. The van der Waals surface area contributed by atoms with E-state index < -0.39 is 192 Å². The van der Waals surface area contributed by atoms with Crippen molar-refractivity contribution in [3.8, 4) is 0 Å². The zero-order chi connectivity index (χ0) is 43.6. The quantitative estimate of drug-likeness (QED) is 0.0770. The van der Waals surface area contributed by atoms with E-state index in [1.807, 2.05) is 0 Å². The molecule has 0 aromatic rings. The monoisotopic (exact) mass is 869 g/mol. The van der Waals surface area contributed by atoms with E-state index in [-0.39, 0.29) is 0 Å². The van der Waals surface area contributed by atoms with Gasteiger partial charge in [0.25, 0.3) is 0 Å². The Hall–Kier alpha value is -1.53. The van der Waals surface area contributed by atoms with Crippen LogP contribution in [0.2, 0.25) is 0 Å². The summed E-state index contributed by atoms with van der Waals surface area (Å²) in [5.74, 6) is -0.812. The first-order valence-corrected chi connectivity index (χ1v) is 18.6. The molecule has 0 spiro atoms. The van der Waals surface area contributed by atoms with Crippen molar-refractivity contribution in [1.29, 1.82) is 0 Å². The van der Waals surface area contributed by atoms with Gasteiger partial charge in [-0.15, -0.1) is 0 Å². The van der Waals surface area contributed by atoms with Gasteiger partial charge in [-0.2, -0.15) is 0 Å². The summed E-state index contributed by atoms with van der Waals surface area (Å²) in [6.07, 6.45) is -44.8. The largest absolute Gasteiger partial charge is 0.394 e. The molecular weight excluding hydrogens is 814 g/mol. The average Bonchev–Trinajstić information content (AvgIpc) is 3.21. The molecule has 17 N–H and O–H groups in total. The molecule has 59 heavy (non-hydrogen) atoms. The second-order valence-corrected chi connectivity index (χ2v) is 14.7. The zero-order valence-corrected chi connectivity index (χ0v) is 31.2. The van der Waals surface area contributed by atoms with E-state index in [4.69, 9.17) is 42.6 Å². The van der Waals surface area contributed by atoms with Gasteiger partial charge in [0.2, 0.25) is 5.91 Å². The van der Waals surface area contributed by atoms with Gasteiger partial charge in [0.15, 0.2) is 31.5 Å². The van der Waals surface area contributed by atoms with E-state index in [2.05, 4.69) is 5.32 Å². The molecule has 344 valence electrons. The summed E-state index contributed by atoms with van der Waals surface area (Å²) in [6.45, 7) is -3.60. The first-order valence-electron chi connectivity index (χ1n) is 18.6. The van der Waals surface area contributed by atoms with Crippen molar-refractivity contribution in [1.82, 2.24) is 5.32 Å². The van der Waals surface area contributed by atoms with Crippen LogP contribution in [-0.2, 0) is 47.4 Å². The summed E-state index contributed by atoms with van der Waals surface area (Å²) in [6, 6.07) is -1.68. The van der Waals surface area contributed by atoms with Gasteiger partial charge < -0.3 is 130 Å². The topological polar surface area (TPSA) is 436 Å². The van der Waals surface area contributed by atoms with E-state index in [1.54, 1.807) is 0 Å². The number of amides is 1. The van der Waals surface area contributed by atoms with Gasteiger partial charge in [-0.05, 0) is 0 Å². The number of aliphatic hydroxyl groups excluding tert-OH is 16. The van der Waals surface area contributed by atoms with Crippen LogP contribution in [0.3, 0.4) is 0 Å². The van der Waals surface area contributed by atoms with Crippen LogP contribution < -0.4 is 5.32 Å². The second-order valence-electron chi connectivity index (χ2n) is 14.7. The zero-order valence-electron chi connectivity index (χ0n) is 31.2. The van der Waals surface area contributed by atoms with Crippen LogP contribution in [0.4, 0.5) is 0 Å². The fourth-order valence-corrected chi connectivity index (χ4v) is 7.42. The summed E-state index contributed by atoms with van der Waals surface area (Å²) in [4.78, 5) is 12.4. The Morgan fingerprint density at radius 1 is 0.407 bits per heavy atom. The summed E-state index contributed by atoms with van der Waals surface area (Å²) in [5.41, 5.74) is 0. The molecule has 0 aliphatic carbocycles. The summed E-state index contributed by atoms with van der Waals surface area (Å²) in [7, 11) is 0. The number of hydrogen-bond acceptors (Lipinski definition) is 26. The summed E-state index contributed by atoms with van der Waals surface area (Å²) < 4.78 is 50.1. The Bertz CT molecular complexity index is 1320. The van der Waals surface area contributed by atoms with Gasteiger partial charge in [0, 0.05) is 6.92 Å². The van der Waals surface area contributed by atoms with Crippen LogP contribution in [0.1, 0.15) is 6.92 Å². The van der Waals surface area contributed by atoms with E-state index in [0.29, 0.717) is 0 Å². The van der Waals surface area contributed by atoms with Crippen molar-refractivity contribution in [2.24, 2.45) is 0 Å². The molecule has 27 nitrogen and oxygen atoms in total. The van der Waals surface area contributed by atoms with Crippen LogP contribution in [0, 0.1) is 0 Å². The minimum absolute atomic E-state index is 0.812. The van der Waals surface area contributed by atoms with Gasteiger partial charge in [-0.1, -0.05) is 0 Å². The first kappa shape index (κ1) is 48.5. The van der Waals surface area contributed by atoms with Crippen molar-refractivity contribution in [3.05, 3.63) is 0 Å². The van der Waals surface area contributed by atoms with Crippen molar-refractivity contribution < 1.29 is 129 Å². The smallest absolute Gasteiger partial charge is 0.217 e. The third-order valence-corrected chi connectivity index (χ3v) is 10.7. The predicted molar refractivity (Wildman–Crippen MR) is 178 cm³/mol. The molecule has 0 saturated carbocycles. The van der Waals surface area contributed by atoms with E-state index in [9.17, 15) is 86.5 Å². The lowest BCUT2D eigenvalue weighted by molar-refractivity contribution is -0.389. The highest BCUT2D eigenvalue weighted by molar-refractivity contribution is 5.73. The van der Waals surface area contributed by atoms with Gasteiger partial charge in [0.05, 0.1) is 33.0 Å². The molecule has 0 bridgehead atoms. The molecule has 0 aromatic heterocycles. The fraction of sp³-hybridized carbons (Fsp3) is 0.969. The number of nitrogens with one attached hydrogen (secondary N) is 1. The van der Waals surface area contributed by atoms with Gasteiger partial charge in [0.1, 0.15) is 122 Å². The summed E-state index contributed by atoms with van der Waals surface area (Å²) >= 11 is 0. The lowest BCUT2D eigenvalue weighted by Gasteiger charge is -2.50. The molecule has 0 radical (unpaired) electrons. The molecule has 25 atom stereocenters. The van der Waals surface area contributed by atoms with Crippen molar-refractivity contribution in [2.45, 2.75) is 160 Å². The number of ether oxygens (including phenoxy) is 9. The molecule has 5 aliphatic heterocycles. The highest BCUT2D eigenvalue weighted by atomic mass is 16.8. The molecular formula is C32H55NO26. The van der Waals surface area contributed by atoms with Crippen LogP contribution in [-0.4, -0.2) is 274 Å². The summed E-state index contributed by atoms with van der Waals surface area (Å²) in [5, 5.41) is 170. The molecule has 0 aromatic carbocycles. The van der Waals surface area contributed by atoms with Crippen molar-refractivity contribution in [3.63, 3.8) is 0 Å². The minimum atomic E-state index is -2.18. The minimum Gasteiger partial charge on any atom is -0.394 e. The Kier molecular flexibility index (Phi) is 17.1. The maximum Gasteiger partial charge on any atom is 0.217 e. The molecule has 5 heterocycles. The molecule has 0 unspecified atom stereocenters. The van der Waals surface area contributed by atoms with Crippen LogP contribution in [0.15, 0.2) is 0 Å². The number of carbonyl (C=O) groups is 1. The number of carbonyl (C=O) groups excluding carboxylic acids is 1. The van der Waals surface area contributed by atoms with E-state index >= 15 is 0 Å². The molecule has 5 rings (SSSR count). The lowest BCUT2D eigenvalue weighted by atomic mass is 9.94. The third-order valence-electron chi connectivity index (χ3n) is 10.7. The molecule has 27 heteroatoms. The lowest BCUT2D eigenvalue weighted by Crippen LogP contribution is -2.70. The Labute approximate surface area is 333 Å². The Balaban J connectivity index is 1.39. The van der Waals surface area contributed by atoms with Crippen LogP contribution >= 0.6 is 0 Å². The van der Waals surface area contributed by atoms with Crippen LogP contribution in [0.25, 0.3) is 0 Å². The number of aliphatic hydroxyl groups is 16. The van der Waals surface area contributed by atoms with Gasteiger partial charge >= 0.3 is 0 Å². The predicted octanol–water partition coefficient (Wildman–Crippen LogP) is -11.8. The van der Waals surface area contributed by atoms with Crippen LogP contribution in [0.5, 0.6) is 0 Å². The van der Waals surface area contributed by atoms with Gasteiger partial charge in [-0.25, -0.2) is 0 Å². The standard InChI is InChI=1S/C32H55NO26/c1-7(39)33-13-25(57-30-21(47)18(44)14(40)8(2-34)53-30)15(41)9(3-35)52-29(13)58-26-16(42)10(4-36)55-32(22(26)48)59-27-17(43)11(5-37)54-31(23(27)49)56-24-12(6-38)51-28(50)20(46)19(24)45/h8-32,34-38,40-50H,2-6H2,1H3,(H,33,39)/t8-,9-,10-,11-,12-,13-,14+,15+,16+,17+,18+,19-,20-,21-,22-,23-,24-,25-,26+,27+,28+,29+,30+,31+,32-/m1/s1. The van der Waals surface area contributed by atoms with E-state index in [1.165, 1.54) is 0 Å². The number of hydrogen-bond donors (Lipinski definition) is 17. The average molecular weight is 870 g/mol.